The predicted octanol–water partition coefficient (Wildman–Crippen LogP) is 4.87. The van der Waals surface area contributed by atoms with Gasteiger partial charge in [-0.05, 0) is 49.3 Å². The second kappa shape index (κ2) is 6.74. The summed E-state index contributed by atoms with van der Waals surface area (Å²) < 4.78 is 31.2. The molecule has 5 nitrogen and oxygen atoms in total. The fraction of sp³-hybridized carbons (Fsp3) is 0.381. The van der Waals surface area contributed by atoms with Gasteiger partial charge in [-0.25, -0.2) is 8.42 Å². The number of para-hydroxylation sites is 1. The molecular weight excluding hydrogens is 390 g/mol. The topological polar surface area (TPSA) is 55.2 Å². The van der Waals surface area contributed by atoms with E-state index in [1.165, 1.54) is 24.2 Å². The molecule has 146 valence electrons. The maximum atomic E-state index is 13.8. The van der Waals surface area contributed by atoms with Crippen LogP contribution in [-0.2, 0) is 16.4 Å². The molecule has 28 heavy (non-hydrogen) atoms. The van der Waals surface area contributed by atoms with Crippen molar-refractivity contribution < 1.29 is 8.42 Å². The van der Waals surface area contributed by atoms with Crippen molar-refractivity contribution in [3.63, 3.8) is 0 Å². The van der Waals surface area contributed by atoms with Gasteiger partial charge in [0.1, 0.15) is 10.6 Å². The zero-order chi connectivity index (χ0) is 19.3. The normalized spacial score (nSPS) is 20.0. The number of fused-ring (bicyclic) bond motifs is 1. The summed E-state index contributed by atoms with van der Waals surface area (Å²) in [5.41, 5.74) is 2.46. The lowest BCUT2D eigenvalue weighted by Crippen LogP contribution is -2.35. The van der Waals surface area contributed by atoms with Crippen LogP contribution in [0.3, 0.4) is 0 Å². The van der Waals surface area contributed by atoms with Crippen LogP contribution in [0.25, 0.3) is 10.6 Å². The first-order chi connectivity index (χ1) is 13.6. The molecule has 1 aliphatic heterocycles. The van der Waals surface area contributed by atoms with E-state index in [1.54, 1.807) is 10.5 Å². The van der Waals surface area contributed by atoms with Crippen molar-refractivity contribution in [2.24, 2.45) is 0 Å². The number of nitrogens with zero attached hydrogens (tertiary/aromatic N) is 3. The highest BCUT2D eigenvalue weighted by molar-refractivity contribution is 7.93. The van der Waals surface area contributed by atoms with E-state index < -0.39 is 10.0 Å². The quantitative estimate of drug-likeness (QED) is 0.613. The summed E-state index contributed by atoms with van der Waals surface area (Å²) in [5, 5.41) is 6.74. The van der Waals surface area contributed by atoms with Crippen LogP contribution in [0.4, 0.5) is 5.69 Å². The van der Waals surface area contributed by atoms with Crippen LogP contribution in [0.15, 0.2) is 52.9 Å². The van der Waals surface area contributed by atoms with Crippen molar-refractivity contribution in [1.82, 2.24) is 9.78 Å². The molecule has 0 N–H and O–H groups in total. The van der Waals surface area contributed by atoms with Crippen LogP contribution in [-0.4, -0.2) is 24.2 Å². The van der Waals surface area contributed by atoms with E-state index in [2.05, 4.69) is 0 Å². The highest BCUT2D eigenvalue weighted by atomic mass is 32.2. The molecule has 0 spiro atoms. The van der Waals surface area contributed by atoms with Crippen LogP contribution < -0.4 is 4.31 Å². The fourth-order valence-electron chi connectivity index (χ4n) is 4.51. The van der Waals surface area contributed by atoms with Crippen LogP contribution >= 0.6 is 11.3 Å². The Morgan fingerprint density at radius 3 is 2.64 bits per heavy atom. The Hall–Kier alpha value is -2.12. The molecule has 1 aromatic carbocycles. The molecule has 0 amide bonds. The highest BCUT2D eigenvalue weighted by Crippen LogP contribution is 2.40. The largest absolute Gasteiger partial charge is 0.268 e. The van der Waals surface area contributed by atoms with Gasteiger partial charge in [-0.3, -0.25) is 8.99 Å². The van der Waals surface area contributed by atoms with Gasteiger partial charge in [-0.1, -0.05) is 37.1 Å². The first-order valence-corrected chi connectivity index (χ1v) is 12.1. The van der Waals surface area contributed by atoms with E-state index in [4.69, 9.17) is 5.10 Å². The number of thiophene rings is 1. The lowest BCUT2D eigenvalue weighted by atomic mass is 10.1. The third-order valence-electron chi connectivity index (χ3n) is 5.83. The predicted molar refractivity (Wildman–Crippen MR) is 112 cm³/mol. The summed E-state index contributed by atoms with van der Waals surface area (Å²) >= 11 is 1.53. The minimum Gasteiger partial charge on any atom is -0.268 e. The molecule has 2 aliphatic rings. The van der Waals surface area contributed by atoms with Crippen molar-refractivity contribution in [2.45, 2.75) is 56.0 Å². The lowest BCUT2D eigenvalue weighted by Gasteiger charge is -2.24. The zero-order valence-corrected chi connectivity index (χ0v) is 17.4. The summed E-state index contributed by atoms with van der Waals surface area (Å²) in [7, 11) is -3.71. The summed E-state index contributed by atoms with van der Waals surface area (Å²) in [6.45, 7) is 1.98. The summed E-state index contributed by atoms with van der Waals surface area (Å²) in [4.78, 5) is 1.22. The number of hydrogen-bond acceptors (Lipinski definition) is 4. The summed E-state index contributed by atoms with van der Waals surface area (Å²) in [5.74, 6) is 0. The number of aromatic nitrogens is 2. The molecule has 1 atom stereocenters. The summed E-state index contributed by atoms with van der Waals surface area (Å²) in [6, 6.07) is 11.9. The van der Waals surface area contributed by atoms with Crippen LogP contribution in [0.2, 0.25) is 0 Å². The van der Waals surface area contributed by atoms with E-state index in [1.807, 2.05) is 53.4 Å². The van der Waals surface area contributed by atoms with E-state index in [0.717, 1.165) is 35.4 Å². The monoisotopic (exact) mass is 413 g/mol. The molecule has 1 saturated carbocycles. The van der Waals surface area contributed by atoms with E-state index in [9.17, 15) is 8.42 Å². The van der Waals surface area contributed by atoms with Gasteiger partial charge in [0.2, 0.25) is 0 Å². The van der Waals surface area contributed by atoms with Crippen LogP contribution in [0.1, 0.15) is 44.2 Å². The molecule has 3 heterocycles. The summed E-state index contributed by atoms with van der Waals surface area (Å²) in [6.07, 6.45) is 6.99. The average Bonchev–Trinajstić information content (AvgIpc) is 3.45. The minimum atomic E-state index is -3.71. The van der Waals surface area contributed by atoms with E-state index >= 15 is 0 Å². The molecule has 0 radical (unpaired) electrons. The van der Waals surface area contributed by atoms with Gasteiger partial charge in [0, 0.05) is 12.2 Å². The molecule has 3 aromatic rings. The van der Waals surface area contributed by atoms with Crippen LogP contribution in [0, 0.1) is 0 Å². The van der Waals surface area contributed by atoms with Gasteiger partial charge in [0.05, 0.1) is 16.6 Å². The molecule has 0 saturated heterocycles. The molecule has 5 rings (SSSR count). The number of benzene rings is 1. The van der Waals surface area contributed by atoms with Gasteiger partial charge in [0.15, 0.2) is 0 Å². The second-order valence-electron chi connectivity index (χ2n) is 7.72. The Labute approximate surface area is 169 Å². The van der Waals surface area contributed by atoms with E-state index in [0.29, 0.717) is 16.6 Å². The lowest BCUT2D eigenvalue weighted by molar-refractivity contribution is 0.467. The van der Waals surface area contributed by atoms with Crippen LogP contribution in [0.5, 0.6) is 0 Å². The third-order valence-corrected chi connectivity index (χ3v) is 8.64. The zero-order valence-electron chi connectivity index (χ0n) is 15.8. The van der Waals surface area contributed by atoms with Crippen molar-refractivity contribution in [2.75, 3.05) is 4.31 Å². The second-order valence-corrected chi connectivity index (χ2v) is 10.5. The van der Waals surface area contributed by atoms with Gasteiger partial charge in [-0.2, -0.15) is 5.10 Å². The van der Waals surface area contributed by atoms with Gasteiger partial charge in [0.25, 0.3) is 10.0 Å². The fourth-order valence-corrected chi connectivity index (χ4v) is 7.13. The maximum Gasteiger partial charge on any atom is 0.268 e. The molecule has 0 bridgehead atoms. The Bertz CT molecular complexity index is 1100. The molecule has 1 unspecified atom stereocenters. The average molecular weight is 414 g/mol. The molecular formula is C21H23N3O2S2. The number of anilines is 1. The highest BCUT2D eigenvalue weighted by Gasteiger charge is 2.39. The molecule has 1 aliphatic carbocycles. The van der Waals surface area contributed by atoms with Crippen molar-refractivity contribution >= 4 is 27.0 Å². The Kier molecular flexibility index (Phi) is 4.32. The SMILES string of the molecule is CC1Cc2ccccc2N1S(=O)(=O)c1cn(C2CCCC2)nc1-c1cccs1. The third kappa shape index (κ3) is 2.79. The molecule has 7 heteroatoms. The minimum absolute atomic E-state index is 0.103. The van der Waals surface area contributed by atoms with E-state index in [-0.39, 0.29) is 6.04 Å². The van der Waals surface area contributed by atoms with Crippen molar-refractivity contribution in [1.29, 1.82) is 0 Å². The number of hydrogen-bond donors (Lipinski definition) is 0. The van der Waals surface area contributed by atoms with Crippen molar-refractivity contribution in [3.8, 4) is 10.6 Å². The van der Waals surface area contributed by atoms with Crippen molar-refractivity contribution in [3.05, 3.63) is 53.5 Å². The number of sulfonamides is 1. The Morgan fingerprint density at radius 2 is 1.89 bits per heavy atom. The molecule has 2 aromatic heterocycles. The van der Waals surface area contributed by atoms with Gasteiger partial charge in [-0.15, -0.1) is 11.3 Å². The van der Waals surface area contributed by atoms with Gasteiger partial charge >= 0.3 is 0 Å². The Morgan fingerprint density at radius 1 is 1.11 bits per heavy atom. The molecule has 1 fully saturated rings. The standard InChI is InChI=1S/C21H23N3O2S2/c1-15-13-16-7-2-5-10-18(16)24(15)28(25,26)20-14-23(17-8-3-4-9-17)22-21(20)19-11-6-12-27-19/h2,5-7,10-12,14-15,17H,3-4,8-9,13H2,1H3. The Balaban J connectivity index is 1.65. The first kappa shape index (κ1) is 17.9. The van der Waals surface area contributed by atoms with Gasteiger partial charge < -0.3 is 0 Å². The first-order valence-electron chi connectivity index (χ1n) is 9.81. The maximum absolute atomic E-state index is 13.8. The number of rotatable bonds is 4. The smallest absolute Gasteiger partial charge is 0.268 e.